The quantitative estimate of drug-likeness (QED) is 0.680. The summed E-state index contributed by atoms with van der Waals surface area (Å²) in [4.78, 5) is 20.8. The van der Waals surface area contributed by atoms with Gasteiger partial charge in [0, 0.05) is 6.54 Å². The maximum atomic E-state index is 10.8. The van der Waals surface area contributed by atoms with E-state index >= 15 is 0 Å². The Morgan fingerprint density at radius 3 is 2.80 bits per heavy atom. The van der Waals surface area contributed by atoms with E-state index in [9.17, 15) is 4.79 Å². The lowest BCUT2D eigenvalue weighted by atomic mass is 10.2. The minimum absolute atomic E-state index is 0.189. The zero-order valence-corrected chi connectivity index (χ0v) is 14.6. The summed E-state index contributed by atoms with van der Waals surface area (Å²) in [6.45, 7) is 1.20. The molecule has 0 bridgehead atoms. The van der Waals surface area contributed by atoms with E-state index in [1.807, 2.05) is 43.4 Å². The van der Waals surface area contributed by atoms with Crippen LogP contribution in [0.15, 0.2) is 42.5 Å². The van der Waals surface area contributed by atoms with Gasteiger partial charge in [-0.3, -0.25) is 9.69 Å². The largest absolute Gasteiger partial charge is 0.482 e. The van der Waals surface area contributed by atoms with Crippen molar-refractivity contribution in [2.75, 3.05) is 13.7 Å². The Bertz CT molecular complexity index is 861. The third-order valence-electron chi connectivity index (χ3n) is 3.68. The molecule has 0 radical (unpaired) electrons. The van der Waals surface area contributed by atoms with Crippen LogP contribution in [0, 0.1) is 0 Å². The summed E-state index contributed by atoms with van der Waals surface area (Å²) in [5.74, 6) is 0.825. The molecule has 130 valence electrons. The third kappa shape index (κ3) is 4.49. The first-order chi connectivity index (χ1) is 12.0. The van der Waals surface area contributed by atoms with E-state index in [-0.39, 0.29) is 6.61 Å². The van der Waals surface area contributed by atoms with Crippen molar-refractivity contribution in [3.05, 3.63) is 58.9 Å². The van der Waals surface area contributed by atoms with Crippen molar-refractivity contribution in [2.24, 2.45) is 5.73 Å². The number of benzene rings is 2. The lowest BCUT2D eigenvalue weighted by Crippen LogP contribution is -2.20. The lowest BCUT2D eigenvalue weighted by molar-refractivity contribution is -0.119. The number of fused-ring (bicyclic) bond motifs is 1. The number of nitrogens with two attached hydrogens (primary N) is 1. The maximum absolute atomic E-state index is 10.8. The number of para-hydroxylation sites is 2. The first-order valence-electron chi connectivity index (χ1n) is 7.83. The van der Waals surface area contributed by atoms with Crippen molar-refractivity contribution in [1.82, 2.24) is 14.9 Å². The molecule has 0 atom stereocenters. The van der Waals surface area contributed by atoms with E-state index in [2.05, 4.69) is 14.9 Å². The minimum atomic E-state index is -0.536. The van der Waals surface area contributed by atoms with Crippen LogP contribution < -0.4 is 10.5 Å². The van der Waals surface area contributed by atoms with Crippen LogP contribution >= 0.6 is 11.6 Å². The molecule has 1 amide bonds. The summed E-state index contributed by atoms with van der Waals surface area (Å²) in [6, 6.07) is 13.4. The molecule has 0 unspecified atom stereocenters. The standard InChI is InChI=1S/C18H19ClN4O2/c1-23(10-18-21-14-4-2-3-5-15(14)22-18)9-12-6-7-16(13(19)8-12)25-11-17(20)24/h2-8H,9-11H2,1H3,(H2,20,24)(H,21,22). The monoisotopic (exact) mass is 358 g/mol. The van der Waals surface area contributed by atoms with Crippen LogP contribution in [0.25, 0.3) is 11.0 Å². The van der Waals surface area contributed by atoms with Gasteiger partial charge in [-0.15, -0.1) is 0 Å². The van der Waals surface area contributed by atoms with Crippen molar-refractivity contribution in [3.8, 4) is 5.75 Å². The van der Waals surface area contributed by atoms with E-state index < -0.39 is 5.91 Å². The number of primary amides is 1. The second kappa shape index (κ2) is 7.55. The number of aromatic amines is 1. The molecular weight excluding hydrogens is 340 g/mol. The highest BCUT2D eigenvalue weighted by molar-refractivity contribution is 6.32. The summed E-state index contributed by atoms with van der Waals surface area (Å²) >= 11 is 6.20. The zero-order valence-electron chi connectivity index (χ0n) is 13.8. The van der Waals surface area contributed by atoms with Gasteiger partial charge in [-0.25, -0.2) is 4.98 Å². The van der Waals surface area contributed by atoms with Gasteiger partial charge in [-0.2, -0.15) is 0 Å². The summed E-state index contributed by atoms with van der Waals surface area (Å²) < 4.78 is 5.25. The van der Waals surface area contributed by atoms with E-state index in [0.29, 0.717) is 23.9 Å². The molecule has 25 heavy (non-hydrogen) atoms. The summed E-state index contributed by atoms with van der Waals surface area (Å²) in [5.41, 5.74) is 8.10. The van der Waals surface area contributed by atoms with Crippen LogP contribution in [0.4, 0.5) is 0 Å². The highest BCUT2D eigenvalue weighted by Gasteiger charge is 2.09. The number of aromatic nitrogens is 2. The molecule has 3 aromatic rings. The van der Waals surface area contributed by atoms with E-state index in [1.165, 1.54) is 0 Å². The van der Waals surface area contributed by atoms with Crippen LogP contribution in [0.2, 0.25) is 5.02 Å². The molecule has 0 saturated heterocycles. The second-order valence-electron chi connectivity index (χ2n) is 5.89. The number of rotatable bonds is 7. The van der Waals surface area contributed by atoms with Crippen LogP contribution in [-0.2, 0) is 17.9 Å². The number of nitrogens with one attached hydrogen (secondary N) is 1. The van der Waals surface area contributed by atoms with E-state index in [1.54, 1.807) is 6.07 Å². The third-order valence-corrected chi connectivity index (χ3v) is 3.97. The summed E-state index contributed by atoms with van der Waals surface area (Å²) in [6.07, 6.45) is 0. The average Bonchev–Trinajstić information content (AvgIpc) is 2.95. The molecule has 6 nitrogen and oxygen atoms in total. The smallest absolute Gasteiger partial charge is 0.255 e. The van der Waals surface area contributed by atoms with Crippen molar-refractivity contribution in [3.63, 3.8) is 0 Å². The number of carbonyl (C=O) groups is 1. The van der Waals surface area contributed by atoms with Crippen LogP contribution in [-0.4, -0.2) is 34.4 Å². The fourth-order valence-corrected chi connectivity index (χ4v) is 2.87. The Hall–Kier alpha value is -2.57. The Morgan fingerprint density at radius 2 is 2.08 bits per heavy atom. The Balaban J connectivity index is 1.63. The van der Waals surface area contributed by atoms with Crippen LogP contribution in [0.5, 0.6) is 5.75 Å². The predicted octanol–water partition coefficient (Wildman–Crippen LogP) is 2.71. The number of nitrogens with zero attached hydrogens (tertiary/aromatic N) is 2. The first kappa shape index (κ1) is 17.3. The number of H-pyrrole nitrogens is 1. The van der Waals surface area contributed by atoms with Gasteiger partial charge in [0.2, 0.25) is 0 Å². The molecule has 0 saturated carbocycles. The number of ether oxygens (including phenoxy) is 1. The molecule has 3 N–H and O–H groups in total. The zero-order chi connectivity index (χ0) is 17.8. The number of imidazole rings is 1. The molecule has 0 aliphatic heterocycles. The van der Waals surface area contributed by atoms with Gasteiger partial charge in [0.25, 0.3) is 5.91 Å². The van der Waals surface area contributed by atoms with Crippen molar-refractivity contribution in [1.29, 1.82) is 0 Å². The number of amides is 1. The lowest BCUT2D eigenvalue weighted by Gasteiger charge is -2.16. The number of hydrogen-bond donors (Lipinski definition) is 2. The molecule has 2 aromatic carbocycles. The van der Waals surface area contributed by atoms with Gasteiger partial charge in [-0.05, 0) is 36.9 Å². The van der Waals surface area contributed by atoms with Gasteiger partial charge in [0.15, 0.2) is 6.61 Å². The Kier molecular flexibility index (Phi) is 5.21. The minimum Gasteiger partial charge on any atom is -0.482 e. The van der Waals surface area contributed by atoms with Crippen molar-refractivity contribution < 1.29 is 9.53 Å². The highest BCUT2D eigenvalue weighted by atomic mass is 35.5. The Morgan fingerprint density at radius 1 is 1.28 bits per heavy atom. The fourth-order valence-electron chi connectivity index (χ4n) is 2.61. The summed E-state index contributed by atoms with van der Waals surface area (Å²) in [7, 11) is 2.01. The molecule has 0 aliphatic rings. The highest BCUT2D eigenvalue weighted by Crippen LogP contribution is 2.26. The van der Waals surface area contributed by atoms with Crippen LogP contribution in [0.1, 0.15) is 11.4 Å². The molecule has 0 spiro atoms. The maximum Gasteiger partial charge on any atom is 0.255 e. The van der Waals surface area contributed by atoms with Gasteiger partial charge in [0.1, 0.15) is 11.6 Å². The number of hydrogen-bond acceptors (Lipinski definition) is 4. The topological polar surface area (TPSA) is 84.2 Å². The molecule has 1 heterocycles. The van der Waals surface area contributed by atoms with Crippen molar-refractivity contribution >= 4 is 28.5 Å². The average molecular weight is 359 g/mol. The number of carbonyl (C=O) groups excluding carboxylic acids is 1. The normalized spacial score (nSPS) is 11.2. The fraction of sp³-hybridized carbons (Fsp3) is 0.222. The molecule has 1 aromatic heterocycles. The number of halogens is 1. The Labute approximate surface area is 150 Å². The first-order valence-corrected chi connectivity index (χ1v) is 8.21. The molecule has 0 aliphatic carbocycles. The van der Waals surface area contributed by atoms with Gasteiger partial charge in [0.05, 0.1) is 22.6 Å². The SMILES string of the molecule is CN(Cc1ccc(OCC(N)=O)c(Cl)c1)Cc1nc2ccccc2[nH]1. The van der Waals surface area contributed by atoms with Gasteiger partial charge >= 0.3 is 0 Å². The van der Waals surface area contributed by atoms with Crippen molar-refractivity contribution in [2.45, 2.75) is 13.1 Å². The molecule has 7 heteroatoms. The molecule has 3 rings (SSSR count). The predicted molar refractivity (Wildman–Crippen MR) is 97.4 cm³/mol. The van der Waals surface area contributed by atoms with Gasteiger partial charge < -0.3 is 15.5 Å². The van der Waals surface area contributed by atoms with E-state index in [4.69, 9.17) is 22.1 Å². The molecular formula is C18H19ClN4O2. The van der Waals surface area contributed by atoms with Gasteiger partial charge in [-0.1, -0.05) is 29.8 Å². The second-order valence-corrected chi connectivity index (χ2v) is 6.30. The van der Waals surface area contributed by atoms with Crippen LogP contribution in [0.3, 0.4) is 0 Å². The van der Waals surface area contributed by atoms with E-state index in [0.717, 1.165) is 22.4 Å². The summed E-state index contributed by atoms with van der Waals surface area (Å²) in [5, 5.41) is 0.455. The molecule has 0 fully saturated rings.